The number of aromatic nitrogens is 2. The van der Waals surface area contributed by atoms with Crippen molar-refractivity contribution in [2.24, 2.45) is 0 Å². The van der Waals surface area contributed by atoms with Gasteiger partial charge >= 0.3 is 0 Å². The van der Waals surface area contributed by atoms with E-state index in [1.165, 1.54) is 24.3 Å². The Balaban J connectivity index is 1.55. The van der Waals surface area contributed by atoms with Crippen LogP contribution in [0.1, 0.15) is 16.1 Å². The van der Waals surface area contributed by atoms with Crippen LogP contribution in [-0.2, 0) is 6.42 Å². The van der Waals surface area contributed by atoms with Gasteiger partial charge in [-0.2, -0.15) is 0 Å². The molecule has 0 aliphatic rings. The first-order valence-electron chi connectivity index (χ1n) is 7.46. The van der Waals surface area contributed by atoms with Crippen molar-refractivity contribution in [3.8, 4) is 11.4 Å². The van der Waals surface area contributed by atoms with Gasteiger partial charge in [0.15, 0.2) is 0 Å². The van der Waals surface area contributed by atoms with Gasteiger partial charge < -0.3 is 10.3 Å². The van der Waals surface area contributed by atoms with Gasteiger partial charge in [0.25, 0.3) is 5.91 Å². The highest BCUT2D eigenvalue weighted by Crippen LogP contribution is 2.18. The highest BCUT2D eigenvalue weighted by Gasteiger charge is 2.07. The minimum atomic E-state index is -0.363. The van der Waals surface area contributed by atoms with Gasteiger partial charge in [0.05, 0.1) is 5.69 Å². The minimum absolute atomic E-state index is 0.233. The summed E-state index contributed by atoms with van der Waals surface area (Å²) in [4.78, 5) is 19.5. The Hall–Kier alpha value is -2.66. The summed E-state index contributed by atoms with van der Waals surface area (Å²) in [5.41, 5.74) is 2.22. The molecule has 3 aromatic rings. The normalized spacial score (nSPS) is 10.6. The minimum Gasteiger partial charge on any atom is -0.352 e. The number of carbonyl (C=O) groups is 1. The van der Waals surface area contributed by atoms with Gasteiger partial charge in [-0.25, -0.2) is 9.37 Å². The number of hydrogen-bond donors (Lipinski definition) is 2. The molecule has 6 heteroatoms. The zero-order valence-corrected chi connectivity index (χ0v) is 13.5. The number of benzene rings is 2. The van der Waals surface area contributed by atoms with Crippen molar-refractivity contribution in [1.82, 2.24) is 15.3 Å². The maximum atomic E-state index is 12.8. The van der Waals surface area contributed by atoms with E-state index in [0.29, 0.717) is 23.6 Å². The second-order valence-electron chi connectivity index (χ2n) is 5.26. The molecule has 0 bridgehead atoms. The maximum absolute atomic E-state index is 12.8. The van der Waals surface area contributed by atoms with E-state index in [2.05, 4.69) is 15.3 Å². The number of amides is 1. The number of carbonyl (C=O) groups excluding carboxylic acids is 1. The van der Waals surface area contributed by atoms with Crippen LogP contribution in [0.25, 0.3) is 11.4 Å². The molecule has 2 N–H and O–H groups in total. The van der Waals surface area contributed by atoms with E-state index < -0.39 is 0 Å². The monoisotopic (exact) mass is 343 g/mol. The standard InChI is InChI=1S/C18H15ClFN3O/c19-14-5-1-12(2-6-14)17-22-11-16(23-17)9-10-21-18(24)13-3-7-15(20)8-4-13/h1-8,11H,9-10H2,(H,21,24)(H,22,23). The molecule has 0 radical (unpaired) electrons. The Morgan fingerprint density at radius 2 is 1.83 bits per heavy atom. The first-order chi connectivity index (χ1) is 11.6. The number of halogens is 2. The third-order valence-corrected chi connectivity index (χ3v) is 3.77. The van der Waals surface area contributed by atoms with Crippen LogP contribution in [0.3, 0.4) is 0 Å². The Kier molecular flexibility index (Phi) is 4.91. The van der Waals surface area contributed by atoms with E-state index >= 15 is 0 Å². The average Bonchev–Trinajstić information content (AvgIpc) is 3.05. The summed E-state index contributed by atoms with van der Waals surface area (Å²) in [5.74, 6) is 0.160. The van der Waals surface area contributed by atoms with Crippen LogP contribution in [0.15, 0.2) is 54.7 Å². The number of hydrogen-bond acceptors (Lipinski definition) is 2. The zero-order chi connectivity index (χ0) is 16.9. The summed E-state index contributed by atoms with van der Waals surface area (Å²) in [6, 6.07) is 12.8. The summed E-state index contributed by atoms with van der Waals surface area (Å²) >= 11 is 5.87. The van der Waals surface area contributed by atoms with Crippen LogP contribution in [0, 0.1) is 5.82 Å². The molecule has 4 nitrogen and oxygen atoms in total. The third-order valence-electron chi connectivity index (χ3n) is 3.52. The van der Waals surface area contributed by atoms with Crippen molar-refractivity contribution < 1.29 is 9.18 Å². The molecule has 2 aromatic carbocycles. The smallest absolute Gasteiger partial charge is 0.251 e. The fourth-order valence-electron chi connectivity index (χ4n) is 2.25. The second-order valence-corrected chi connectivity index (χ2v) is 5.70. The number of rotatable bonds is 5. The van der Waals surface area contributed by atoms with Crippen LogP contribution in [0.5, 0.6) is 0 Å². The fourth-order valence-corrected chi connectivity index (χ4v) is 2.38. The molecule has 122 valence electrons. The molecule has 1 heterocycles. The van der Waals surface area contributed by atoms with Crippen LogP contribution in [0.2, 0.25) is 5.02 Å². The van der Waals surface area contributed by atoms with Crippen LogP contribution in [-0.4, -0.2) is 22.4 Å². The molecule has 0 fully saturated rings. The van der Waals surface area contributed by atoms with Crippen molar-refractivity contribution in [3.05, 3.63) is 76.8 Å². The fraction of sp³-hybridized carbons (Fsp3) is 0.111. The molecule has 0 atom stereocenters. The lowest BCUT2D eigenvalue weighted by molar-refractivity contribution is 0.0954. The average molecular weight is 344 g/mol. The predicted molar refractivity (Wildman–Crippen MR) is 91.5 cm³/mol. The topological polar surface area (TPSA) is 57.8 Å². The van der Waals surface area contributed by atoms with Crippen molar-refractivity contribution in [3.63, 3.8) is 0 Å². The van der Waals surface area contributed by atoms with Gasteiger partial charge in [0.1, 0.15) is 11.6 Å². The van der Waals surface area contributed by atoms with E-state index in [0.717, 1.165) is 17.1 Å². The van der Waals surface area contributed by atoms with Crippen molar-refractivity contribution in [1.29, 1.82) is 0 Å². The Morgan fingerprint density at radius 3 is 2.54 bits per heavy atom. The van der Waals surface area contributed by atoms with Crippen molar-refractivity contribution in [2.75, 3.05) is 6.54 Å². The predicted octanol–water partition coefficient (Wildman–Crippen LogP) is 3.84. The third kappa shape index (κ3) is 4.00. The van der Waals surface area contributed by atoms with Crippen molar-refractivity contribution in [2.45, 2.75) is 6.42 Å². The van der Waals surface area contributed by atoms with Crippen LogP contribution >= 0.6 is 11.6 Å². The highest BCUT2D eigenvalue weighted by atomic mass is 35.5. The largest absolute Gasteiger partial charge is 0.352 e. The zero-order valence-electron chi connectivity index (χ0n) is 12.7. The molecule has 0 aliphatic heterocycles. The highest BCUT2D eigenvalue weighted by molar-refractivity contribution is 6.30. The molecular formula is C18H15ClFN3O. The van der Waals surface area contributed by atoms with Gasteiger partial charge in [-0.05, 0) is 48.5 Å². The first kappa shape index (κ1) is 16.2. The lowest BCUT2D eigenvalue weighted by atomic mass is 10.2. The summed E-state index contributed by atoms with van der Waals surface area (Å²) in [5, 5.41) is 3.47. The molecule has 0 saturated carbocycles. The van der Waals surface area contributed by atoms with Crippen LogP contribution < -0.4 is 5.32 Å². The van der Waals surface area contributed by atoms with Crippen molar-refractivity contribution >= 4 is 17.5 Å². The Labute approximate surface area is 143 Å². The van der Waals surface area contributed by atoms with Gasteiger partial charge in [-0.3, -0.25) is 4.79 Å². The number of aromatic amines is 1. The van der Waals surface area contributed by atoms with E-state index in [4.69, 9.17) is 11.6 Å². The van der Waals surface area contributed by atoms with Gasteiger partial charge in [0, 0.05) is 35.3 Å². The maximum Gasteiger partial charge on any atom is 0.251 e. The van der Waals surface area contributed by atoms with Gasteiger partial charge in [-0.15, -0.1) is 0 Å². The van der Waals surface area contributed by atoms with E-state index in [-0.39, 0.29) is 11.7 Å². The molecule has 1 amide bonds. The van der Waals surface area contributed by atoms with E-state index in [9.17, 15) is 9.18 Å². The Bertz CT molecular complexity index is 828. The first-order valence-corrected chi connectivity index (χ1v) is 7.83. The molecule has 0 saturated heterocycles. The summed E-state index contributed by atoms with van der Waals surface area (Å²) in [7, 11) is 0. The molecule has 0 spiro atoms. The number of nitrogens with zero attached hydrogens (tertiary/aromatic N) is 1. The molecule has 0 unspecified atom stereocenters. The molecular weight excluding hydrogens is 329 g/mol. The molecule has 1 aromatic heterocycles. The number of H-pyrrole nitrogens is 1. The summed E-state index contributed by atoms with van der Waals surface area (Å²) in [6.45, 7) is 0.446. The lowest BCUT2D eigenvalue weighted by Gasteiger charge is -2.03. The van der Waals surface area contributed by atoms with E-state index in [1.807, 2.05) is 30.5 Å². The quantitative estimate of drug-likeness (QED) is 0.739. The molecule has 3 rings (SSSR count). The summed E-state index contributed by atoms with van der Waals surface area (Å²) in [6.07, 6.45) is 2.41. The number of imidazole rings is 1. The SMILES string of the molecule is O=C(NCCc1c[nH]c(-c2ccc(Cl)cc2)n1)c1ccc(F)cc1. The number of nitrogens with one attached hydrogen (secondary N) is 2. The second kappa shape index (κ2) is 7.27. The van der Waals surface area contributed by atoms with E-state index in [1.54, 1.807) is 0 Å². The van der Waals surface area contributed by atoms with Crippen LogP contribution in [0.4, 0.5) is 4.39 Å². The Morgan fingerprint density at radius 1 is 1.12 bits per heavy atom. The molecule has 24 heavy (non-hydrogen) atoms. The lowest BCUT2D eigenvalue weighted by Crippen LogP contribution is -2.25. The van der Waals surface area contributed by atoms with Gasteiger partial charge in [0.2, 0.25) is 0 Å². The summed E-state index contributed by atoms with van der Waals surface area (Å²) < 4.78 is 12.8. The van der Waals surface area contributed by atoms with Gasteiger partial charge in [-0.1, -0.05) is 11.6 Å². The molecule has 0 aliphatic carbocycles.